The minimum atomic E-state index is -0.772. The fourth-order valence-corrected chi connectivity index (χ4v) is 4.92. The van der Waals surface area contributed by atoms with Crippen LogP contribution in [0.25, 0.3) is 10.8 Å². The van der Waals surface area contributed by atoms with Gasteiger partial charge in [-0.25, -0.2) is 8.78 Å². The van der Waals surface area contributed by atoms with E-state index in [1.54, 1.807) is 7.11 Å². The molecule has 35 heavy (non-hydrogen) atoms. The Balaban J connectivity index is 1.74. The number of halogens is 3. The van der Waals surface area contributed by atoms with E-state index in [0.717, 1.165) is 16.3 Å². The number of methoxy groups -OCH3 is 2. The fraction of sp³-hybridized carbons (Fsp3) is 0.370. The van der Waals surface area contributed by atoms with Gasteiger partial charge in [0.1, 0.15) is 6.61 Å². The van der Waals surface area contributed by atoms with Crippen molar-refractivity contribution in [1.29, 1.82) is 0 Å². The molecule has 3 atom stereocenters. The van der Waals surface area contributed by atoms with E-state index in [0.29, 0.717) is 29.0 Å². The van der Waals surface area contributed by atoms with Crippen LogP contribution < -0.4 is 4.74 Å². The first-order valence-electron chi connectivity index (χ1n) is 11.3. The highest BCUT2D eigenvalue weighted by Gasteiger charge is 2.32. The van der Waals surface area contributed by atoms with Gasteiger partial charge in [0.05, 0.1) is 30.4 Å². The molecule has 0 saturated carbocycles. The van der Waals surface area contributed by atoms with Crippen molar-refractivity contribution in [2.75, 3.05) is 20.8 Å². The molecule has 4 rings (SSSR count). The predicted octanol–water partition coefficient (Wildman–Crippen LogP) is 6.17. The van der Waals surface area contributed by atoms with E-state index in [-0.39, 0.29) is 37.3 Å². The van der Waals surface area contributed by atoms with Crippen LogP contribution in [0.4, 0.5) is 8.78 Å². The van der Waals surface area contributed by atoms with Crippen LogP contribution in [0.15, 0.2) is 42.5 Å². The summed E-state index contributed by atoms with van der Waals surface area (Å²) in [5, 5.41) is 2.24. The molecule has 1 saturated heterocycles. The lowest BCUT2D eigenvalue weighted by atomic mass is 9.89. The zero-order valence-electron chi connectivity index (χ0n) is 19.8. The molecule has 186 valence electrons. The molecular weight excluding hydrogens is 478 g/mol. The monoisotopic (exact) mass is 504 g/mol. The molecule has 0 spiro atoms. The highest BCUT2D eigenvalue weighted by Crippen LogP contribution is 2.40. The average molecular weight is 505 g/mol. The number of hydrogen-bond acceptors (Lipinski definition) is 5. The Morgan fingerprint density at radius 3 is 2.40 bits per heavy atom. The first-order chi connectivity index (χ1) is 16.8. The Kier molecular flexibility index (Phi) is 7.89. The molecule has 0 amide bonds. The SMILES string of the molecule is COc1c(F)cc(Cc2cc(C3CC(OC)CC(COC(C)=O)O3)c3ccccc3c2Cl)cc1F. The lowest BCUT2D eigenvalue weighted by molar-refractivity contribution is -0.157. The Morgan fingerprint density at radius 1 is 1.09 bits per heavy atom. The second-order valence-electron chi connectivity index (χ2n) is 8.63. The molecule has 1 heterocycles. The molecule has 1 aliphatic rings. The summed E-state index contributed by atoms with van der Waals surface area (Å²) in [7, 11) is 2.87. The number of carbonyl (C=O) groups excluding carboxylic acids is 1. The summed E-state index contributed by atoms with van der Waals surface area (Å²) in [6.45, 7) is 1.49. The van der Waals surface area contributed by atoms with Gasteiger partial charge in [-0.1, -0.05) is 41.9 Å². The maximum atomic E-state index is 14.3. The van der Waals surface area contributed by atoms with Crippen LogP contribution in [0.2, 0.25) is 5.02 Å². The molecular formula is C27H27ClF2O5. The van der Waals surface area contributed by atoms with Gasteiger partial charge in [0.25, 0.3) is 0 Å². The standard InChI is InChI=1S/C27H27ClF2O5/c1-15(31)34-14-19-12-18(32-2)13-25(35-19)22-11-17(26(28)21-7-5-4-6-20(21)22)8-16-9-23(29)27(33-3)24(30)10-16/h4-7,9-11,18-19,25H,8,12-14H2,1-3H3. The maximum Gasteiger partial charge on any atom is 0.302 e. The molecule has 5 nitrogen and oxygen atoms in total. The van der Waals surface area contributed by atoms with Crippen molar-refractivity contribution in [2.24, 2.45) is 0 Å². The average Bonchev–Trinajstić information content (AvgIpc) is 2.84. The van der Waals surface area contributed by atoms with E-state index in [4.69, 9.17) is 30.5 Å². The highest BCUT2D eigenvalue weighted by molar-refractivity contribution is 6.36. The number of benzene rings is 3. The number of esters is 1. The van der Waals surface area contributed by atoms with Gasteiger partial charge < -0.3 is 18.9 Å². The second-order valence-corrected chi connectivity index (χ2v) is 9.01. The molecule has 0 N–H and O–H groups in total. The molecule has 0 radical (unpaired) electrons. The van der Waals surface area contributed by atoms with Crippen molar-refractivity contribution in [2.45, 2.75) is 44.5 Å². The van der Waals surface area contributed by atoms with E-state index < -0.39 is 17.4 Å². The van der Waals surface area contributed by atoms with Crippen LogP contribution >= 0.6 is 11.6 Å². The Hall–Kier alpha value is -2.74. The Bertz CT molecular complexity index is 1210. The zero-order chi connectivity index (χ0) is 25.1. The molecule has 8 heteroatoms. The third-order valence-electron chi connectivity index (χ3n) is 6.26. The van der Waals surface area contributed by atoms with Crippen LogP contribution in [0.1, 0.15) is 42.6 Å². The summed E-state index contributed by atoms with van der Waals surface area (Å²) in [4.78, 5) is 11.3. The van der Waals surface area contributed by atoms with E-state index >= 15 is 0 Å². The van der Waals surface area contributed by atoms with Gasteiger partial charge in [0.15, 0.2) is 17.4 Å². The summed E-state index contributed by atoms with van der Waals surface area (Å²) in [5.41, 5.74) is 2.03. The van der Waals surface area contributed by atoms with Gasteiger partial charge >= 0.3 is 5.97 Å². The first kappa shape index (κ1) is 25.4. The minimum absolute atomic E-state index is 0.0861. The lowest BCUT2D eigenvalue weighted by Crippen LogP contribution is -2.35. The molecule has 3 aromatic rings. The lowest BCUT2D eigenvalue weighted by Gasteiger charge is -2.35. The van der Waals surface area contributed by atoms with Gasteiger partial charge in [-0.3, -0.25) is 4.79 Å². The van der Waals surface area contributed by atoms with E-state index in [1.807, 2.05) is 30.3 Å². The molecule has 3 unspecified atom stereocenters. The molecule has 0 bridgehead atoms. The Labute approximate surface area is 207 Å². The van der Waals surface area contributed by atoms with Crippen LogP contribution in [0.3, 0.4) is 0 Å². The molecule has 0 aliphatic carbocycles. The third-order valence-corrected chi connectivity index (χ3v) is 6.70. The maximum absolute atomic E-state index is 14.3. The summed E-state index contributed by atoms with van der Waals surface area (Å²) < 4.78 is 50.6. The largest absolute Gasteiger partial charge is 0.491 e. The van der Waals surface area contributed by atoms with Crippen molar-refractivity contribution >= 4 is 28.3 Å². The van der Waals surface area contributed by atoms with E-state index in [2.05, 4.69) is 0 Å². The van der Waals surface area contributed by atoms with Gasteiger partial charge in [-0.2, -0.15) is 0 Å². The number of carbonyl (C=O) groups is 1. The van der Waals surface area contributed by atoms with Crippen LogP contribution in [-0.2, 0) is 25.4 Å². The van der Waals surface area contributed by atoms with Crippen molar-refractivity contribution in [3.8, 4) is 5.75 Å². The molecule has 0 aromatic heterocycles. The summed E-state index contributed by atoms with van der Waals surface area (Å²) in [5.74, 6) is -2.33. The number of fused-ring (bicyclic) bond motifs is 1. The quantitative estimate of drug-likeness (QED) is 0.360. The number of ether oxygens (including phenoxy) is 4. The van der Waals surface area contributed by atoms with Crippen molar-refractivity contribution in [3.05, 3.63) is 75.8 Å². The van der Waals surface area contributed by atoms with Gasteiger partial charge in [-0.05, 0) is 40.6 Å². The summed E-state index contributed by atoms with van der Waals surface area (Å²) in [6, 6.07) is 12.1. The molecule has 1 aliphatic heterocycles. The van der Waals surface area contributed by atoms with Gasteiger partial charge in [-0.15, -0.1) is 0 Å². The van der Waals surface area contributed by atoms with E-state index in [9.17, 15) is 13.6 Å². The first-order valence-corrected chi connectivity index (χ1v) is 11.7. The number of hydrogen-bond donors (Lipinski definition) is 0. The van der Waals surface area contributed by atoms with Gasteiger partial charge in [0.2, 0.25) is 0 Å². The Morgan fingerprint density at radius 2 is 1.77 bits per heavy atom. The van der Waals surface area contributed by atoms with Crippen molar-refractivity contribution in [3.63, 3.8) is 0 Å². The predicted molar refractivity (Wildman–Crippen MR) is 129 cm³/mol. The van der Waals surface area contributed by atoms with Crippen LogP contribution in [-0.4, -0.2) is 39.0 Å². The van der Waals surface area contributed by atoms with Crippen LogP contribution in [0.5, 0.6) is 5.75 Å². The smallest absolute Gasteiger partial charge is 0.302 e. The topological polar surface area (TPSA) is 54.0 Å². The second kappa shape index (κ2) is 10.9. The number of rotatable bonds is 7. The summed E-state index contributed by atoms with van der Waals surface area (Å²) >= 11 is 6.77. The van der Waals surface area contributed by atoms with Gasteiger partial charge in [0, 0.05) is 32.3 Å². The van der Waals surface area contributed by atoms with Crippen LogP contribution in [0, 0.1) is 11.6 Å². The summed E-state index contributed by atoms with van der Waals surface area (Å²) in [6.07, 6.45) is 0.653. The zero-order valence-corrected chi connectivity index (χ0v) is 20.5. The minimum Gasteiger partial charge on any atom is -0.491 e. The molecule has 1 fully saturated rings. The normalized spacial score (nSPS) is 20.1. The van der Waals surface area contributed by atoms with E-state index in [1.165, 1.54) is 26.2 Å². The van der Waals surface area contributed by atoms with Crippen molar-refractivity contribution < 1.29 is 32.5 Å². The fourth-order valence-electron chi connectivity index (χ4n) is 4.63. The third kappa shape index (κ3) is 5.58. The highest BCUT2D eigenvalue weighted by atomic mass is 35.5. The molecule has 3 aromatic carbocycles. The van der Waals surface area contributed by atoms with Crippen molar-refractivity contribution in [1.82, 2.24) is 0 Å².